The molecule has 0 amide bonds. The van der Waals surface area contributed by atoms with Crippen molar-refractivity contribution in [1.29, 1.82) is 0 Å². The number of nitrogens with zero attached hydrogens (tertiary/aromatic N) is 1. The molecule has 0 spiro atoms. The van der Waals surface area contributed by atoms with Crippen LogP contribution in [0.15, 0.2) is 0 Å². The first-order valence-corrected chi connectivity index (χ1v) is 5.95. The van der Waals surface area contributed by atoms with Gasteiger partial charge in [-0.15, -0.1) is 0 Å². The fourth-order valence-corrected chi connectivity index (χ4v) is 2.58. The summed E-state index contributed by atoms with van der Waals surface area (Å²) in [5, 5.41) is 12.6. The minimum absolute atomic E-state index is 0.384. The maximum absolute atomic E-state index is 9.03. The Balaban J connectivity index is 1.67. The quantitative estimate of drug-likeness (QED) is 0.691. The first-order chi connectivity index (χ1) is 6.88. The molecule has 0 saturated carbocycles. The highest BCUT2D eigenvalue weighted by Gasteiger charge is 2.22. The molecule has 3 nitrogen and oxygen atoms in total. The monoisotopic (exact) mass is 198 g/mol. The third kappa shape index (κ3) is 2.69. The van der Waals surface area contributed by atoms with E-state index in [0.717, 1.165) is 6.04 Å². The molecule has 2 heterocycles. The second-order valence-corrected chi connectivity index (χ2v) is 4.72. The summed E-state index contributed by atoms with van der Waals surface area (Å²) in [6.07, 6.45) is 5.06. The van der Waals surface area contributed by atoms with Crippen LogP contribution in [0, 0.1) is 5.92 Å². The van der Waals surface area contributed by atoms with Crippen LogP contribution in [0.1, 0.15) is 25.7 Å². The summed E-state index contributed by atoms with van der Waals surface area (Å²) in [5.74, 6) is 0.572. The van der Waals surface area contributed by atoms with Gasteiger partial charge < -0.3 is 15.3 Å². The molecule has 0 aromatic carbocycles. The van der Waals surface area contributed by atoms with E-state index in [-0.39, 0.29) is 0 Å². The highest BCUT2D eigenvalue weighted by Crippen LogP contribution is 2.17. The van der Waals surface area contributed by atoms with Gasteiger partial charge in [-0.1, -0.05) is 0 Å². The standard InChI is InChI=1S/C11H22N2O/c14-9-10-3-6-13(7-4-10)8-11-2-1-5-12-11/h10-12,14H,1-9H2. The predicted octanol–water partition coefficient (Wildman–Crippen LogP) is 0.443. The van der Waals surface area contributed by atoms with E-state index in [1.807, 2.05) is 0 Å². The van der Waals surface area contributed by atoms with E-state index in [1.54, 1.807) is 0 Å². The highest BCUT2D eigenvalue weighted by molar-refractivity contribution is 4.80. The Morgan fingerprint density at radius 2 is 2.00 bits per heavy atom. The first-order valence-electron chi connectivity index (χ1n) is 5.95. The van der Waals surface area contributed by atoms with Gasteiger partial charge in [0.15, 0.2) is 0 Å². The lowest BCUT2D eigenvalue weighted by Gasteiger charge is -2.32. The van der Waals surface area contributed by atoms with Crippen molar-refractivity contribution in [1.82, 2.24) is 10.2 Å². The Labute approximate surface area is 86.5 Å². The van der Waals surface area contributed by atoms with Crippen molar-refractivity contribution in [3.05, 3.63) is 0 Å². The molecule has 0 radical (unpaired) electrons. The van der Waals surface area contributed by atoms with E-state index in [4.69, 9.17) is 5.11 Å². The zero-order valence-electron chi connectivity index (χ0n) is 8.91. The molecule has 0 bridgehead atoms. The molecule has 82 valence electrons. The number of hydrogen-bond acceptors (Lipinski definition) is 3. The number of nitrogens with one attached hydrogen (secondary N) is 1. The van der Waals surface area contributed by atoms with Crippen LogP contribution in [0.4, 0.5) is 0 Å². The summed E-state index contributed by atoms with van der Waals surface area (Å²) in [6, 6.07) is 0.737. The average Bonchev–Trinajstić information content (AvgIpc) is 2.72. The maximum atomic E-state index is 9.03. The lowest BCUT2D eigenvalue weighted by atomic mass is 9.97. The van der Waals surface area contributed by atoms with Crippen molar-refractivity contribution in [2.75, 3.05) is 32.8 Å². The zero-order chi connectivity index (χ0) is 9.80. The van der Waals surface area contributed by atoms with Crippen molar-refractivity contribution < 1.29 is 5.11 Å². The Morgan fingerprint density at radius 3 is 2.57 bits per heavy atom. The highest BCUT2D eigenvalue weighted by atomic mass is 16.3. The van der Waals surface area contributed by atoms with Gasteiger partial charge in [-0.3, -0.25) is 0 Å². The minimum atomic E-state index is 0.384. The average molecular weight is 198 g/mol. The molecule has 2 saturated heterocycles. The third-order valence-corrected chi connectivity index (χ3v) is 3.61. The van der Waals surface area contributed by atoms with Crippen molar-refractivity contribution in [2.24, 2.45) is 5.92 Å². The van der Waals surface area contributed by atoms with Crippen LogP contribution >= 0.6 is 0 Å². The number of aliphatic hydroxyl groups excluding tert-OH is 1. The molecule has 2 aliphatic rings. The van der Waals surface area contributed by atoms with Crippen molar-refractivity contribution in [3.8, 4) is 0 Å². The van der Waals surface area contributed by atoms with Crippen LogP contribution in [0.3, 0.4) is 0 Å². The van der Waals surface area contributed by atoms with Crippen LogP contribution < -0.4 is 5.32 Å². The largest absolute Gasteiger partial charge is 0.396 e. The van der Waals surface area contributed by atoms with E-state index < -0.39 is 0 Å². The summed E-state index contributed by atoms with van der Waals surface area (Å²) in [5.41, 5.74) is 0. The molecular weight excluding hydrogens is 176 g/mol. The fourth-order valence-electron chi connectivity index (χ4n) is 2.58. The molecule has 2 rings (SSSR count). The second kappa shape index (κ2) is 5.10. The van der Waals surface area contributed by atoms with E-state index >= 15 is 0 Å². The van der Waals surface area contributed by atoms with E-state index in [9.17, 15) is 0 Å². The molecule has 0 aromatic heterocycles. The van der Waals surface area contributed by atoms with Gasteiger partial charge in [-0.2, -0.15) is 0 Å². The number of aliphatic hydroxyl groups is 1. The lowest BCUT2D eigenvalue weighted by molar-refractivity contribution is 0.125. The maximum Gasteiger partial charge on any atom is 0.0460 e. The van der Waals surface area contributed by atoms with Gasteiger partial charge in [0.2, 0.25) is 0 Å². The predicted molar refractivity (Wildman–Crippen MR) is 57.3 cm³/mol. The smallest absolute Gasteiger partial charge is 0.0460 e. The van der Waals surface area contributed by atoms with E-state index in [2.05, 4.69) is 10.2 Å². The third-order valence-electron chi connectivity index (χ3n) is 3.61. The summed E-state index contributed by atoms with van der Waals surface area (Å²) >= 11 is 0. The van der Waals surface area contributed by atoms with E-state index in [1.165, 1.54) is 51.9 Å². The van der Waals surface area contributed by atoms with Crippen molar-refractivity contribution in [3.63, 3.8) is 0 Å². The second-order valence-electron chi connectivity index (χ2n) is 4.72. The molecule has 0 aromatic rings. The normalized spacial score (nSPS) is 31.1. The molecule has 2 fully saturated rings. The molecular formula is C11H22N2O. The Bertz CT molecular complexity index is 161. The van der Waals surface area contributed by atoms with Gasteiger partial charge in [-0.25, -0.2) is 0 Å². The number of rotatable bonds is 3. The van der Waals surface area contributed by atoms with Gasteiger partial charge in [-0.05, 0) is 51.2 Å². The van der Waals surface area contributed by atoms with Crippen LogP contribution in [-0.2, 0) is 0 Å². The molecule has 1 unspecified atom stereocenters. The number of piperidine rings is 1. The summed E-state index contributed by atoms with van der Waals surface area (Å²) in [6.45, 7) is 5.18. The van der Waals surface area contributed by atoms with Gasteiger partial charge in [0.1, 0.15) is 0 Å². The van der Waals surface area contributed by atoms with Crippen LogP contribution in [0.2, 0.25) is 0 Å². The van der Waals surface area contributed by atoms with Crippen LogP contribution in [0.5, 0.6) is 0 Å². The van der Waals surface area contributed by atoms with Gasteiger partial charge in [0.05, 0.1) is 0 Å². The van der Waals surface area contributed by atoms with Crippen molar-refractivity contribution >= 4 is 0 Å². The van der Waals surface area contributed by atoms with Gasteiger partial charge in [0.25, 0.3) is 0 Å². The molecule has 0 aliphatic carbocycles. The van der Waals surface area contributed by atoms with Crippen LogP contribution in [-0.4, -0.2) is 48.8 Å². The summed E-state index contributed by atoms with van der Waals surface area (Å²) < 4.78 is 0. The molecule has 2 N–H and O–H groups in total. The topological polar surface area (TPSA) is 35.5 Å². The Kier molecular flexibility index (Phi) is 3.79. The zero-order valence-corrected chi connectivity index (χ0v) is 8.91. The van der Waals surface area contributed by atoms with Crippen LogP contribution in [0.25, 0.3) is 0 Å². The minimum Gasteiger partial charge on any atom is -0.396 e. The summed E-state index contributed by atoms with van der Waals surface area (Å²) in [4.78, 5) is 2.55. The van der Waals surface area contributed by atoms with E-state index in [0.29, 0.717) is 12.5 Å². The summed E-state index contributed by atoms with van der Waals surface area (Å²) in [7, 11) is 0. The number of hydrogen-bond donors (Lipinski definition) is 2. The van der Waals surface area contributed by atoms with Gasteiger partial charge >= 0.3 is 0 Å². The SMILES string of the molecule is OCC1CCN(CC2CCCN2)CC1. The Morgan fingerprint density at radius 1 is 1.21 bits per heavy atom. The first kappa shape index (κ1) is 10.4. The molecule has 3 heteroatoms. The molecule has 1 atom stereocenters. The fraction of sp³-hybridized carbons (Fsp3) is 1.00. The van der Waals surface area contributed by atoms with Crippen molar-refractivity contribution in [2.45, 2.75) is 31.7 Å². The molecule has 14 heavy (non-hydrogen) atoms. The lowest BCUT2D eigenvalue weighted by Crippen LogP contribution is -2.42. The Hall–Kier alpha value is -0.120. The van der Waals surface area contributed by atoms with Gasteiger partial charge in [0, 0.05) is 19.2 Å². The molecule has 2 aliphatic heterocycles. The number of likely N-dealkylation sites (tertiary alicyclic amines) is 1.